The number of halogens is 3. The van der Waals surface area contributed by atoms with Gasteiger partial charge in [0.15, 0.2) is 5.69 Å². The maximum atomic E-state index is 13.2. The predicted octanol–water partition coefficient (Wildman–Crippen LogP) is 3.09. The molecule has 0 aliphatic carbocycles. The van der Waals surface area contributed by atoms with E-state index in [1.807, 2.05) is 6.92 Å². The fourth-order valence-electron chi connectivity index (χ4n) is 1.68. The molecule has 2 aromatic heterocycles. The van der Waals surface area contributed by atoms with Crippen LogP contribution in [0.15, 0.2) is 11.6 Å². The molecule has 0 unspecified atom stereocenters. The van der Waals surface area contributed by atoms with Crippen molar-refractivity contribution in [2.45, 2.75) is 26.4 Å². The lowest BCUT2D eigenvalue weighted by molar-refractivity contribution is -0.143. The summed E-state index contributed by atoms with van der Waals surface area (Å²) in [5.41, 5.74) is -1.12. The van der Waals surface area contributed by atoms with E-state index in [1.54, 1.807) is 5.38 Å². The highest BCUT2D eigenvalue weighted by Gasteiger charge is 2.41. The molecule has 0 radical (unpaired) electrons. The molecule has 2 rings (SSSR count). The Morgan fingerprint density at radius 1 is 1.43 bits per heavy atom. The number of thiazole rings is 1. The predicted molar refractivity (Wildman–Crippen MR) is 69.6 cm³/mol. The van der Waals surface area contributed by atoms with Crippen LogP contribution in [0, 0.1) is 0 Å². The lowest BCUT2D eigenvalue weighted by atomic mass is 10.2. The van der Waals surface area contributed by atoms with Crippen LogP contribution in [0.25, 0.3) is 5.13 Å². The number of aromatic nitrogens is 3. The molecule has 0 fully saturated rings. The SMILES string of the molecule is CCOC(=O)c1cnn(-c2nc(CC)cs2)c1C(F)(F)F. The molecule has 0 aliphatic rings. The van der Waals surface area contributed by atoms with Gasteiger partial charge in [-0.3, -0.25) is 0 Å². The van der Waals surface area contributed by atoms with Crippen molar-refractivity contribution in [3.05, 3.63) is 28.5 Å². The van der Waals surface area contributed by atoms with E-state index in [1.165, 1.54) is 6.92 Å². The van der Waals surface area contributed by atoms with Gasteiger partial charge in [0.2, 0.25) is 5.13 Å². The average Bonchev–Trinajstić information content (AvgIpc) is 3.04. The third-order valence-electron chi connectivity index (χ3n) is 2.62. The smallest absolute Gasteiger partial charge is 0.434 e. The quantitative estimate of drug-likeness (QED) is 0.813. The first-order valence-electron chi connectivity index (χ1n) is 6.15. The zero-order chi connectivity index (χ0) is 15.6. The molecule has 0 N–H and O–H groups in total. The van der Waals surface area contributed by atoms with E-state index >= 15 is 0 Å². The lowest BCUT2D eigenvalue weighted by Gasteiger charge is -2.10. The summed E-state index contributed by atoms with van der Waals surface area (Å²) in [6.07, 6.45) is -3.28. The number of carbonyl (C=O) groups excluding carboxylic acids is 1. The van der Waals surface area contributed by atoms with Crippen LogP contribution >= 0.6 is 11.3 Å². The number of esters is 1. The molecule has 2 aromatic rings. The summed E-state index contributed by atoms with van der Waals surface area (Å²) < 4.78 is 44.9. The summed E-state index contributed by atoms with van der Waals surface area (Å²) in [7, 11) is 0. The van der Waals surface area contributed by atoms with Gasteiger partial charge in [-0.25, -0.2) is 14.5 Å². The first kappa shape index (κ1) is 15.5. The molecule has 21 heavy (non-hydrogen) atoms. The molecule has 9 heteroatoms. The molecule has 0 amide bonds. The summed E-state index contributed by atoms with van der Waals surface area (Å²) >= 11 is 1.03. The van der Waals surface area contributed by atoms with Gasteiger partial charge < -0.3 is 4.74 Å². The van der Waals surface area contributed by atoms with Gasteiger partial charge in [0.25, 0.3) is 0 Å². The van der Waals surface area contributed by atoms with Crippen molar-refractivity contribution in [2.24, 2.45) is 0 Å². The fourth-order valence-corrected chi connectivity index (χ4v) is 2.55. The van der Waals surface area contributed by atoms with Crippen molar-refractivity contribution in [3.63, 3.8) is 0 Å². The first-order chi connectivity index (χ1) is 9.88. The zero-order valence-corrected chi connectivity index (χ0v) is 12.1. The molecule has 0 aliphatic heterocycles. The van der Waals surface area contributed by atoms with E-state index in [-0.39, 0.29) is 11.7 Å². The van der Waals surface area contributed by atoms with Crippen LogP contribution in [0.5, 0.6) is 0 Å². The van der Waals surface area contributed by atoms with E-state index < -0.39 is 23.4 Å². The van der Waals surface area contributed by atoms with Crippen molar-refractivity contribution in [3.8, 4) is 5.13 Å². The fraction of sp³-hybridized carbons (Fsp3) is 0.417. The van der Waals surface area contributed by atoms with Gasteiger partial charge in [-0.05, 0) is 13.3 Å². The Morgan fingerprint density at radius 3 is 2.67 bits per heavy atom. The van der Waals surface area contributed by atoms with Crippen molar-refractivity contribution >= 4 is 17.3 Å². The number of rotatable bonds is 4. The van der Waals surface area contributed by atoms with Crippen molar-refractivity contribution in [1.82, 2.24) is 14.8 Å². The minimum atomic E-state index is -4.74. The van der Waals surface area contributed by atoms with Gasteiger partial charge in [-0.1, -0.05) is 6.92 Å². The molecule has 0 atom stereocenters. The number of hydrogen-bond donors (Lipinski definition) is 0. The molecular weight excluding hydrogens is 307 g/mol. The standard InChI is InChI=1S/C12H12F3N3O2S/c1-3-7-6-21-11(17-7)18-9(12(13,14)15)8(5-16-18)10(19)20-4-2/h5-6H,3-4H2,1-2H3. The number of nitrogens with zero attached hydrogens (tertiary/aromatic N) is 3. The molecule has 0 aromatic carbocycles. The van der Waals surface area contributed by atoms with Crippen LogP contribution in [0.1, 0.15) is 35.6 Å². The number of carbonyl (C=O) groups is 1. The van der Waals surface area contributed by atoms with Crippen LogP contribution < -0.4 is 0 Å². The van der Waals surface area contributed by atoms with Gasteiger partial charge in [-0.15, -0.1) is 11.3 Å². The molecule has 2 heterocycles. The second-order valence-electron chi connectivity index (χ2n) is 4.01. The van der Waals surface area contributed by atoms with Gasteiger partial charge in [0.05, 0.1) is 18.5 Å². The van der Waals surface area contributed by atoms with Gasteiger partial charge >= 0.3 is 12.1 Å². The second kappa shape index (κ2) is 5.84. The van der Waals surface area contributed by atoms with Crippen LogP contribution in [0.2, 0.25) is 0 Å². The molecular formula is C12H12F3N3O2S. The van der Waals surface area contributed by atoms with Crippen molar-refractivity contribution < 1.29 is 22.7 Å². The highest BCUT2D eigenvalue weighted by molar-refractivity contribution is 7.12. The normalized spacial score (nSPS) is 11.7. The van der Waals surface area contributed by atoms with Crippen molar-refractivity contribution in [1.29, 1.82) is 0 Å². The highest BCUT2D eigenvalue weighted by Crippen LogP contribution is 2.34. The summed E-state index contributed by atoms with van der Waals surface area (Å²) in [5, 5.41) is 5.37. The summed E-state index contributed by atoms with van der Waals surface area (Å²) in [4.78, 5) is 15.7. The molecule has 5 nitrogen and oxygen atoms in total. The van der Waals surface area contributed by atoms with E-state index in [9.17, 15) is 18.0 Å². The summed E-state index contributed by atoms with van der Waals surface area (Å²) in [6, 6.07) is 0. The summed E-state index contributed by atoms with van der Waals surface area (Å²) in [5.74, 6) is -1.05. The van der Waals surface area contributed by atoms with Gasteiger partial charge in [0, 0.05) is 5.38 Å². The first-order valence-corrected chi connectivity index (χ1v) is 7.03. The lowest BCUT2D eigenvalue weighted by Crippen LogP contribution is -2.18. The largest absolute Gasteiger partial charge is 0.462 e. The number of alkyl halides is 3. The van der Waals surface area contributed by atoms with Crippen LogP contribution in [-0.4, -0.2) is 27.3 Å². The van der Waals surface area contributed by atoms with Gasteiger partial charge in [-0.2, -0.15) is 18.3 Å². The maximum absolute atomic E-state index is 13.2. The Labute approximate surface area is 122 Å². The highest BCUT2D eigenvalue weighted by atomic mass is 32.1. The zero-order valence-electron chi connectivity index (χ0n) is 11.3. The number of hydrogen-bond acceptors (Lipinski definition) is 5. The Balaban J connectivity index is 2.54. The second-order valence-corrected chi connectivity index (χ2v) is 4.85. The third kappa shape index (κ3) is 3.07. The maximum Gasteiger partial charge on any atom is 0.434 e. The molecule has 114 valence electrons. The minimum Gasteiger partial charge on any atom is -0.462 e. The molecule has 0 saturated heterocycles. The van der Waals surface area contributed by atoms with E-state index in [0.29, 0.717) is 16.8 Å². The minimum absolute atomic E-state index is 0.0153. The average molecular weight is 319 g/mol. The van der Waals surface area contributed by atoms with Gasteiger partial charge in [0.1, 0.15) is 5.56 Å². The summed E-state index contributed by atoms with van der Waals surface area (Å²) in [6.45, 7) is 3.35. The van der Waals surface area contributed by atoms with Crippen molar-refractivity contribution in [2.75, 3.05) is 6.61 Å². The van der Waals surface area contributed by atoms with Crippen LogP contribution in [0.4, 0.5) is 13.2 Å². The Kier molecular flexibility index (Phi) is 4.31. The Morgan fingerprint density at radius 2 is 2.14 bits per heavy atom. The third-order valence-corrected chi connectivity index (χ3v) is 3.48. The van der Waals surface area contributed by atoms with E-state index in [4.69, 9.17) is 0 Å². The molecule has 0 spiro atoms. The van der Waals surface area contributed by atoms with Crippen LogP contribution in [0.3, 0.4) is 0 Å². The Hall–Kier alpha value is -1.90. The Bertz CT molecular complexity index is 648. The molecule has 0 saturated carbocycles. The van der Waals surface area contributed by atoms with E-state index in [2.05, 4.69) is 14.8 Å². The molecule has 0 bridgehead atoms. The van der Waals surface area contributed by atoms with E-state index in [0.717, 1.165) is 17.5 Å². The van der Waals surface area contributed by atoms with Crippen LogP contribution in [-0.2, 0) is 17.3 Å². The number of aryl methyl sites for hydroxylation is 1. The monoisotopic (exact) mass is 319 g/mol. The topological polar surface area (TPSA) is 57.0 Å². The number of ether oxygens (including phenoxy) is 1.